The number of ether oxygens (including phenoxy) is 5. The summed E-state index contributed by atoms with van der Waals surface area (Å²) >= 11 is 0. The molecule has 0 spiro atoms. The molecule has 0 bridgehead atoms. The summed E-state index contributed by atoms with van der Waals surface area (Å²) < 4.78 is 32.2. The van der Waals surface area contributed by atoms with Crippen molar-refractivity contribution in [1.29, 1.82) is 0 Å². The third kappa shape index (κ3) is 8.57. The fourth-order valence-corrected chi connectivity index (χ4v) is 5.16. The predicted octanol–water partition coefficient (Wildman–Crippen LogP) is 6.48. The van der Waals surface area contributed by atoms with E-state index in [4.69, 9.17) is 23.7 Å². The van der Waals surface area contributed by atoms with Crippen LogP contribution in [0, 0.1) is 0 Å². The van der Waals surface area contributed by atoms with Crippen LogP contribution in [0.2, 0.25) is 0 Å². The van der Waals surface area contributed by atoms with Crippen LogP contribution in [-0.2, 0) is 54.9 Å². The first kappa shape index (κ1) is 30.5. The molecule has 1 saturated carbocycles. The highest BCUT2D eigenvalue weighted by molar-refractivity contribution is 5.90. The second-order valence-electron chi connectivity index (χ2n) is 10.4. The molecule has 0 heterocycles. The minimum atomic E-state index is -0.948. The lowest BCUT2D eigenvalue weighted by Crippen LogP contribution is -2.65. The van der Waals surface area contributed by atoms with E-state index in [1.165, 1.54) is 0 Å². The van der Waals surface area contributed by atoms with Crippen molar-refractivity contribution in [3.8, 4) is 0 Å². The summed E-state index contributed by atoms with van der Waals surface area (Å²) in [4.78, 5) is 14.2. The van der Waals surface area contributed by atoms with Crippen molar-refractivity contribution in [3.63, 3.8) is 0 Å². The van der Waals surface area contributed by atoms with E-state index < -0.39 is 30.5 Å². The highest BCUT2D eigenvalue weighted by atomic mass is 16.6. The van der Waals surface area contributed by atoms with Crippen LogP contribution in [0.15, 0.2) is 134 Å². The maximum Gasteiger partial charge on any atom is 0.195 e. The zero-order chi connectivity index (χ0) is 29.7. The molecule has 1 fully saturated rings. The van der Waals surface area contributed by atoms with E-state index in [-0.39, 0.29) is 32.2 Å². The largest absolute Gasteiger partial charge is 0.368 e. The smallest absolute Gasteiger partial charge is 0.195 e. The van der Waals surface area contributed by atoms with Gasteiger partial charge in [0.2, 0.25) is 0 Å². The Kier molecular flexibility index (Phi) is 11.4. The average molecular weight is 579 g/mol. The van der Waals surface area contributed by atoms with Crippen LogP contribution in [0.1, 0.15) is 22.3 Å². The molecule has 222 valence electrons. The number of benzene rings is 4. The molecule has 1 aliphatic carbocycles. The first-order chi connectivity index (χ1) is 21.2. The van der Waals surface area contributed by atoms with Crippen LogP contribution < -0.4 is 0 Å². The summed E-state index contributed by atoms with van der Waals surface area (Å²) in [5.41, 5.74) is 3.90. The normalized spacial score (nSPS) is 21.9. The lowest BCUT2D eigenvalue weighted by atomic mass is 9.85. The fraction of sp³-hybridized carbons (Fsp3) is 0.270. The van der Waals surface area contributed by atoms with Crippen molar-refractivity contribution >= 4 is 5.78 Å². The average Bonchev–Trinajstić information content (AvgIpc) is 3.06. The lowest BCUT2D eigenvalue weighted by Gasteiger charge is -2.44. The van der Waals surface area contributed by atoms with Gasteiger partial charge in [-0.2, -0.15) is 0 Å². The van der Waals surface area contributed by atoms with Crippen LogP contribution in [0.25, 0.3) is 0 Å². The third-order valence-electron chi connectivity index (χ3n) is 7.33. The number of carbonyl (C=O) groups excluding carboxylic acids is 1. The van der Waals surface area contributed by atoms with Crippen LogP contribution in [-0.4, -0.2) is 42.9 Å². The van der Waals surface area contributed by atoms with Crippen molar-refractivity contribution in [2.75, 3.05) is 6.61 Å². The van der Waals surface area contributed by atoms with Gasteiger partial charge in [-0.25, -0.2) is 0 Å². The molecule has 5 atom stereocenters. The molecule has 0 N–H and O–H groups in total. The Hall–Kier alpha value is -3.91. The molecule has 43 heavy (non-hydrogen) atoms. The molecular formula is C37H38O6. The number of hydrogen-bond donors (Lipinski definition) is 0. The Bertz CT molecular complexity index is 1380. The molecule has 6 heteroatoms. The van der Waals surface area contributed by atoms with Gasteiger partial charge in [0.1, 0.15) is 30.5 Å². The standard InChI is InChI=1S/C37H38O6/c1-2-23-39-33-32(38)34(40-24-28-15-7-3-8-16-28)36(42-26-30-19-11-5-12-20-30)37(43-27-31-21-13-6-14-22-31)35(33)41-25-29-17-9-4-10-18-29/h2-22,33-37H,1,23-27H2/t33-,34+,35+,36-,37-/m1/s1. The Labute approximate surface area is 253 Å². The number of Topliss-reactive ketones (excluding diaryl/α,β-unsaturated/α-hetero) is 1. The number of hydrogen-bond acceptors (Lipinski definition) is 6. The molecule has 0 unspecified atom stereocenters. The summed E-state index contributed by atoms with van der Waals surface area (Å²) in [7, 11) is 0. The first-order valence-corrected chi connectivity index (χ1v) is 14.6. The van der Waals surface area contributed by atoms with E-state index >= 15 is 0 Å². The highest BCUT2D eigenvalue weighted by Gasteiger charge is 2.54. The van der Waals surface area contributed by atoms with E-state index in [0.717, 1.165) is 22.3 Å². The summed E-state index contributed by atoms with van der Waals surface area (Å²) in [6.45, 7) is 5.06. The molecule has 5 rings (SSSR count). The molecule has 0 radical (unpaired) electrons. The van der Waals surface area contributed by atoms with Crippen molar-refractivity contribution in [1.82, 2.24) is 0 Å². The van der Waals surface area contributed by atoms with E-state index in [1.807, 2.05) is 121 Å². The van der Waals surface area contributed by atoms with Gasteiger partial charge in [-0.15, -0.1) is 6.58 Å². The van der Waals surface area contributed by atoms with Gasteiger partial charge in [0.25, 0.3) is 0 Å². The Morgan fingerprint density at radius 1 is 0.465 bits per heavy atom. The summed E-state index contributed by atoms with van der Waals surface area (Å²) in [6, 6.07) is 39.4. The van der Waals surface area contributed by atoms with Gasteiger partial charge in [0.05, 0.1) is 33.0 Å². The number of carbonyl (C=O) groups is 1. The molecule has 0 saturated heterocycles. The quantitative estimate of drug-likeness (QED) is 0.151. The van der Waals surface area contributed by atoms with E-state index in [0.29, 0.717) is 6.61 Å². The zero-order valence-corrected chi connectivity index (χ0v) is 24.2. The van der Waals surface area contributed by atoms with Gasteiger partial charge in [-0.1, -0.05) is 127 Å². The molecule has 4 aromatic carbocycles. The van der Waals surface area contributed by atoms with Crippen molar-refractivity contribution in [2.24, 2.45) is 0 Å². The van der Waals surface area contributed by atoms with Gasteiger partial charge in [0.15, 0.2) is 5.78 Å². The molecule has 0 aromatic heterocycles. The summed E-state index contributed by atoms with van der Waals surface area (Å²) in [5, 5.41) is 0. The molecule has 6 nitrogen and oxygen atoms in total. The van der Waals surface area contributed by atoms with Crippen molar-refractivity contribution < 1.29 is 28.5 Å². The van der Waals surface area contributed by atoms with E-state index in [1.54, 1.807) is 6.08 Å². The van der Waals surface area contributed by atoms with E-state index in [2.05, 4.69) is 6.58 Å². The van der Waals surface area contributed by atoms with Gasteiger partial charge in [-0.3, -0.25) is 4.79 Å². The maximum atomic E-state index is 14.2. The van der Waals surface area contributed by atoms with Crippen molar-refractivity contribution in [3.05, 3.63) is 156 Å². The minimum Gasteiger partial charge on any atom is -0.368 e. The molecular weight excluding hydrogens is 540 g/mol. The highest BCUT2D eigenvalue weighted by Crippen LogP contribution is 2.32. The van der Waals surface area contributed by atoms with Gasteiger partial charge < -0.3 is 23.7 Å². The molecule has 0 amide bonds. The van der Waals surface area contributed by atoms with Gasteiger partial charge in [0, 0.05) is 0 Å². The predicted molar refractivity (Wildman–Crippen MR) is 165 cm³/mol. The summed E-state index contributed by atoms with van der Waals surface area (Å²) in [5.74, 6) is -0.242. The summed E-state index contributed by atoms with van der Waals surface area (Å²) in [6.07, 6.45) is -2.46. The maximum absolute atomic E-state index is 14.2. The first-order valence-electron chi connectivity index (χ1n) is 14.6. The molecule has 1 aliphatic rings. The monoisotopic (exact) mass is 578 g/mol. The van der Waals surface area contributed by atoms with Crippen molar-refractivity contribution in [2.45, 2.75) is 56.9 Å². The topological polar surface area (TPSA) is 63.2 Å². The second kappa shape index (κ2) is 16.1. The number of ketones is 1. The molecule has 4 aromatic rings. The Balaban J connectivity index is 1.48. The SMILES string of the molecule is C=CCO[C@@H]1C(=O)[C@H](OCc2ccccc2)[C@@H](OCc2ccccc2)[C@H](OCc2ccccc2)[C@H]1OCc1ccccc1. The second-order valence-corrected chi connectivity index (χ2v) is 10.4. The van der Waals surface area contributed by atoms with Gasteiger partial charge >= 0.3 is 0 Å². The Morgan fingerprint density at radius 2 is 0.791 bits per heavy atom. The fourth-order valence-electron chi connectivity index (χ4n) is 5.16. The lowest BCUT2D eigenvalue weighted by molar-refractivity contribution is -0.236. The third-order valence-corrected chi connectivity index (χ3v) is 7.33. The zero-order valence-electron chi connectivity index (χ0n) is 24.2. The van der Waals surface area contributed by atoms with Crippen LogP contribution in [0.4, 0.5) is 0 Å². The van der Waals surface area contributed by atoms with Crippen LogP contribution in [0.3, 0.4) is 0 Å². The minimum absolute atomic E-state index is 0.175. The molecule has 0 aliphatic heterocycles. The van der Waals surface area contributed by atoms with Gasteiger partial charge in [-0.05, 0) is 22.3 Å². The number of rotatable bonds is 15. The van der Waals surface area contributed by atoms with E-state index in [9.17, 15) is 4.79 Å². The van der Waals surface area contributed by atoms with Crippen LogP contribution in [0.5, 0.6) is 0 Å². The Morgan fingerprint density at radius 3 is 1.16 bits per heavy atom. The van der Waals surface area contributed by atoms with Crippen LogP contribution >= 0.6 is 0 Å².